The SMILES string of the molecule is N#N.O=S(=O)([O-])CCCCOCCc1ccccc1.O=S1(=O)CCCCO1.OCCc1ccccc1.[Na+]. The molecule has 10 nitrogen and oxygen atoms in total. The first-order valence-electron chi connectivity index (χ1n) is 11.5. The van der Waals surface area contributed by atoms with Crippen LogP contribution in [0.1, 0.15) is 36.8 Å². The van der Waals surface area contributed by atoms with E-state index in [2.05, 4.69) is 4.18 Å². The number of aliphatic hydroxyl groups excluding tert-OH is 1. The summed E-state index contributed by atoms with van der Waals surface area (Å²) in [6.45, 7) is 1.74. The number of nitrogens with zero attached hydrogens (tertiary/aromatic N) is 2. The van der Waals surface area contributed by atoms with Gasteiger partial charge in [0.05, 0.1) is 29.1 Å². The van der Waals surface area contributed by atoms with E-state index in [1.165, 1.54) is 11.1 Å². The molecule has 13 heteroatoms. The quantitative estimate of drug-likeness (QED) is 0.135. The first kappa shape index (κ1) is 37.8. The van der Waals surface area contributed by atoms with Crippen molar-refractivity contribution in [3.05, 3.63) is 71.8 Å². The van der Waals surface area contributed by atoms with Gasteiger partial charge in [0.15, 0.2) is 0 Å². The molecule has 0 bridgehead atoms. The summed E-state index contributed by atoms with van der Waals surface area (Å²) in [4.78, 5) is 0. The van der Waals surface area contributed by atoms with E-state index in [1.54, 1.807) is 0 Å². The average Bonchev–Trinajstić information content (AvgIpc) is 2.86. The van der Waals surface area contributed by atoms with Crippen molar-refractivity contribution in [1.29, 1.82) is 10.8 Å². The third-order valence-electron chi connectivity index (χ3n) is 4.61. The third kappa shape index (κ3) is 24.7. The maximum atomic E-state index is 10.4. The van der Waals surface area contributed by atoms with Crippen molar-refractivity contribution in [2.45, 2.75) is 38.5 Å². The minimum atomic E-state index is -4.07. The van der Waals surface area contributed by atoms with Crippen LogP contribution in [0.5, 0.6) is 0 Å². The molecule has 0 spiro atoms. The van der Waals surface area contributed by atoms with Crippen LogP contribution in [0.4, 0.5) is 0 Å². The molecule has 37 heavy (non-hydrogen) atoms. The predicted molar refractivity (Wildman–Crippen MR) is 134 cm³/mol. The first-order valence-corrected chi connectivity index (χ1v) is 14.6. The third-order valence-corrected chi connectivity index (χ3v) is 6.71. The van der Waals surface area contributed by atoms with Crippen LogP contribution in [0.2, 0.25) is 0 Å². The van der Waals surface area contributed by atoms with Gasteiger partial charge < -0.3 is 14.4 Å². The molecule has 0 aromatic heterocycles. The molecule has 0 aliphatic carbocycles. The second kappa shape index (κ2) is 23.7. The zero-order valence-corrected chi connectivity index (χ0v) is 24.9. The van der Waals surface area contributed by atoms with Crippen LogP contribution in [-0.4, -0.2) is 64.4 Å². The van der Waals surface area contributed by atoms with Gasteiger partial charge in [-0.3, -0.25) is 4.18 Å². The van der Waals surface area contributed by atoms with Gasteiger partial charge >= 0.3 is 29.6 Å². The Bertz CT molecular complexity index is 1010. The average molecular weight is 567 g/mol. The summed E-state index contributed by atoms with van der Waals surface area (Å²) in [5, 5.41) is 20.5. The van der Waals surface area contributed by atoms with Gasteiger partial charge in [-0.2, -0.15) is 8.42 Å². The zero-order valence-electron chi connectivity index (χ0n) is 21.3. The number of benzene rings is 2. The largest absolute Gasteiger partial charge is 1.00 e. The Morgan fingerprint density at radius 2 is 1.43 bits per heavy atom. The molecule has 1 aliphatic heterocycles. The predicted octanol–water partition coefficient (Wildman–Crippen LogP) is -0.0467. The summed E-state index contributed by atoms with van der Waals surface area (Å²) in [6, 6.07) is 19.9. The summed E-state index contributed by atoms with van der Waals surface area (Å²) in [6.07, 6.45) is 4.22. The molecule has 0 amide bonds. The molecule has 202 valence electrons. The fourth-order valence-corrected chi connectivity index (χ4v) is 4.42. The molecule has 1 fully saturated rings. The van der Waals surface area contributed by atoms with Crippen LogP contribution >= 0.6 is 0 Å². The molecular formula is C24H35N2NaO8S2. The number of hydrogen-bond acceptors (Lipinski definition) is 10. The van der Waals surface area contributed by atoms with Crippen molar-refractivity contribution in [2.75, 3.05) is 37.9 Å². The van der Waals surface area contributed by atoms with Gasteiger partial charge in [-0.1, -0.05) is 60.7 Å². The normalized spacial score (nSPS) is 13.6. The minimum absolute atomic E-state index is 0. The molecule has 1 heterocycles. The molecule has 0 saturated carbocycles. The molecule has 1 aliphatic rings. The van der Waals surface area contributed by atoms with Gasteiger partial charge in [0.2, 0.25) is 0 Å². The van der Waals surface area contributed by atoms with E-state index >= 15 is 0 Å². The van der Waals surface area contributed by atoms with Crippen LogP contribution < -0.4 is 29.6 Å². The van der Waals surface area contributed by atoms with E-state index in [-0.39, 0.29) is 47.7 Å². The van der Waals surface area contributed by atoms with Gasteiger partial charge in [0, 0.05) is 29.8 Å². The van der Waals surface area contributed by atoms with Crippen LogP contribution in [0.25, 0.3) is 0 Å². The molecule has 0 unspecified atom stereocenters. The van der Waals surface area contributed by atoms with Crippen molar-refractivity contribution >= 4 is 20.2 Å². The van der Waals surface area contributed by atoms with Crippen LogP contribution in [0, 0.1) is 10.8 Å². The van der Waals surface area contributed by atoms with E-state index in [0.717, 1.165) is 25.7 Å². The van der Waals surface area contributed by atoms with E-state index in [0.29, 0.717) is 32.7 Å². The minimum Gasteiger partial charge on any atom is -0.748 e. The molecular weight excluding hydrogens is 531 g/mol. The molecule has 2 aromatic rings. The second-order valence-electron chi connectivity index (χ2n) is 7.57. The van der Waals surface area contributed by atoms with E-state index in [1.807, 2.05) is 60.7 Å². The Labute approximate surface area is 243 Å². The van der Waals surface area contributed by atoms with Gasteiger partial charge in [-0.25, -0.2) is 8.42 Å². The fourth-order valence-electron chi connectivity index (χ4n) is 2.82. The maximum absolute atomic E-state index is 10.4. The number of rotatable bonds is 10. The van der Waals surface area contributed by atoms with Crippen molar-refractivity contribution < 1.29 is 65.0 Å². The number of unbranched alkanes of at least 4 members (excludes halogenated alkanes) is 1. The van der Waals surface area contributed by atoms with Gasteiger partial charge in [0.25, 0.3) is 10.1 Å². The van der Waals surface area contributed by atoms with Gasteiger partial charge in [0.1, 0.15) is 0 Å². The number of hydrogen-bond donors (Lipinski definition) is 1. The Kier molecular flexibility index (Phi) is 24.2. The topological polar surface area (TPSA) is 178 Å². The van der Waals surface area contributed by atoms with E-state index in [4.69, 9.17) is 20.6 Å². The number of ether oxygens (including phenoxy) is 1. The number of aliphatic hydroxyl groups is 1. The molecule has 2 aromatic carbocycles. The van der Waals surface area contributed by atoms with Crippen LogP contribution in [0.15, 0.2) is 60.7 Å². The maximum Gasteiger partial charge on any atom is 1.00 e. The summed E-state index contributed by atoms with van der Waals surface area (Å²) in [5.74, 6) is -0.0952. The smallest absolute Gasteiger partial charge is 0.748 e. The molecule has 0 radical (unpaired) electrons. The molecule has 0 atom stereocenters. The zero-order chi connectivity index (χ0) is 27.1. The van der Waals surface area contributed by atoms with Crippen molar-refractivity contribution in [3.63, 3.8) is 0 Å². The summed E-state index contributed by atoms with van der Waals surface area (Å²) in [5.41, 5.74) is 2.41. The first-order chi connectivity index (χ1) is 17.2. The Hall–Kier alpha value is -1.40. The van der Waals surface area contributed by atoms with Gasteiger partial charge in [-0.05, 0) is 49.7 Å². The van der Waals surface area contributed by atoms with Crippen molar-refractivity contribution in [1.82, 2.24) is 0 Å². The molecule has 1 saturated heterocycles. The van der Waals surface area contributed by atoms with E-state index < -0.39 is 20.2 Å². The van der Waals surface area contributed by atoms with Crippen LogP contribution in [0.3, 0.4) is 0 Å². The van der Waals surface area contributed by atoms with E-state index in [9.17, 15) is 21.4 Å². The van der Waals surface area contributed by atoms with Gasteiger partial charge in [-0.15, -0.1) is 0 Å². The Morgan fingerprint density at radius 3 is 1.84 bits per heavy atom. The second-order valence-corrected chi connectivity index (χ2v) is 10.8. The summed E-state index contributed by atoms with van der Waals surface area (Å²) in [7, 11) is -7.15. The Morgan fingerprint density at radius 1 is 0.892 bits per heavy atom. The Balaban J connectivity index is 0. The van der Waals surface area contributed by atoms with Crippen molar-refractivity contribution in [3.8, 4) is 0 Å². The van der Waals surface area contributed by atoms with Crippen molar-refractivity contribution in [2.24, 2.45) is 0 Å². The molecule has 1 N–H and O–H groups in total. The summed E-state index contributed by atoms with van der Waals surface area (Å²) >= 11 is 0. The standard InChI is InChI=1S/C12H18O4S.C8H10O.C4H8O3S.N2.Na/c13-17(14,15)11-5-4-9-16-10-8-12-6-2-1-3-7-12;9-7-6-8-4-2-1-3-5-8;5-8(6)4-2-1-3-7-8;1-2;/h1-3,6-7H,4-5,8-11H2,(H,13,14,15);1-5,9H,6-7H2;1-4H2;;/q;;;;+1/p-1. The summed E-state index contributed by atoms with van der Waals surface area (Å²) < 4.78 is 61.6. The fraction of sp³-hybridized carbons (Fsp3) is 0.500. The molecule has 3 rings (SSSR count). The monoisotopic (exact) mass is 566 g/mol. The van der Waals surface area contributed by atoms with Crippen LogP contribution in [-0.2, 0) is 42.0 Å².